The maximum absolute atomic E-state index is 12.9. The van der Waals surface area contributed by atoms with Gasteiger partial charge in [0.2, 0.25) is 0 Å². The Labute approximate surface area is 164 Å². The molecule has 0 saturated carbocycles. The quantitative estimate of drug-likeness (QED) is 0.500. The summed E-state index contributed by atoms with van der Waals surface area (Å²) < 4.78 is 38.0. The van der Waals surface area contributed by atoms with Gasteiger partial charge in [-0.25, -0.2) is 0 Å². The lowest BCUT2D eigenvalue weighted by Gasteiger charge is -2.22. The van der Waals surface area contributed by atoms with Gasteiger partial charge >= 0.3 is 18.0 Å². The fourth-order valence-electron chi connectivity index (χ4n) is 2.61. The van der Waals surface area contributed by atoms with Crippen LogP contribution in [0.4, 0.5) is 35.9 Å². The van der Waals surface area contributed by atoms with Gasteiger partial charge < -0.3 is 11.1 Å². The van der Waals surface area contributed by atoms with Gasteiger partial charge in [-0.15, -0.1) is 0 Å². The molecular formula is C21H16F3N3O2. The van der Waals surface area contributed by atoms with Crippen molar-refractivity contribution in [3.8, 4) is 0 Å². The molecule has 3 aromatic rings. The molecule has 148 valence electrons. The number of anilines is 4. The van der Waals surface area contributed by atoms with Crippen molar-refractivity contribution in [2.45, 2.75) is 6.18 Å². The Balaban J connectivity index is 1.85. The molecule has 29 heavy (non-hydrogen) atoms. The summed E-state index contributed by atoms with van der Waals surface area (Å²) in [6.07, 6.45) is -4.49. The second kappa shape index (κ2) is 8.05. The lowest BCUT2D eigenvalue weighted by molar-refractivity contribution is -0.137. The molecule has 0 aliphatic rings. The molecule has 3 aromatic carbocycles. The van der Waals surface area contributed by atoms with E-state index in [1.807, 2.05) is 0 Å². The van der Waals surface area contributed by atoms with Crippen molar-refractivity contribution in [2.75, 3.05) is 16.0 Å². The number of nitrogen functional groups attached to an aromatic ring is 1. The highest BCUT2D eigenvalue weighted by molar-refractivity contribution is 6.45. The van der Waals surface area contributed by atoms with E-state index in [0.29, 0.717) is 17.1 Å². The predicted octanol–water partition coefficient (Wildman–Crippen LogP) is 4.59. The largest absolute Gasteiger partial charge is 0.416 e. The van der Waals surface area contributed by atoms with Gasteiger partial charge in [-0.1, -0.05) is 18.2 Å². The maximum Gasteiger partial charge on any atom is 0.416 e. The van der Waals surface area contributed by atoms with Crippen molar-refractivity contribution in [1.29, 1.82) is 0 Å². The number of hydrogen-bond donors (Lipinski definition) is 2. The Hall–Kier alpha value is -3.81. The molecule has 0 atom stereocenters. The van der Waals surface area contributed by atoms with Crippen LogP contribution >= 0.6 is 0 Å². The summed E-state index contributed by atoms with van der Waals surface area (Å²) in [7, 11) is 0. The number of para-hydroxylation sites is 1. The molecule has 2 amide bonds. The molecule has 0 fully saturated rings. The summed E-state index contributed by atoms with van der Waals surface area (Å²) in [5.74, 6) is -1.90. The van der Waals surface area contributed by atoms with E-state index in [1.165, 1.54) is 4.90 Å². The second-order valence-electron chi connectivity index (χ2n) is 6.10. The highest BCUT2D eigenvalue weighted by atomic mass is 19.4. The van der Waals surface area contributed by atoms with Crippen molar-refractivity contribution in [2.24, 2.45) is 0 Å². The zero-order valence-electron chi connectivity index (χ0n) is 15.0. The molecule has 0 saturated heterocycles. The zero-order chi connectivity index (χ0) is 21.0. The third-order valence-corrected chi connectivity index (χ3v) is 4.03. The van der Waals surface area contributed by atoms with Crippen LogP contribution in [0.15, 0.2) is 78.9 Å². The molecule has 0 spiro atoms. The molecule has 0 bridgehead atoms. The lowest BCUT2D eigenvalue weighted by atomic mass is 10.2. The molecule has 0 aromatic heterocycles. The molecule has 3 N–H and O–H groups in total. The number of carbonyl (C=O) groups excluding carboxylic acids is 2. The topological polar surface area (TPSA) is 75.4 Å². The van der Waals surface area contributed by atoms with Gasteiger partial charge in [-0.05, 0) is 60.7 Å². The molecule has 5 nitrogen and oxygen atoms in total. The fourth-order valence-corrected chi connectivity index (χ4v) is 2.61. The third-order valence-electron chi connectivity index (χ3n) is 4.03. The first-order valence-electron chi connectivity index (χ1n) is 8.49. The van der Waals surface area contributed by atoms with E-state index >= 15 is 0 Å². The molecule has 3 rings (SSSR count). The Morgan fingerprint density at radius 2 is 1.34 bits per heavy atom. The van der Waals surface area contributed by atoms with Crippen molar-refractivity contribution >= 4 is 34.6 Å². The normalized spacial score (nSPS) is 11.0. The Kier molecular flexibility index (Phi) is 5.54. The number of hydrogen-bond acceptors (Lipinski definition) is 3. The average Bonchev–Trinajstić information content (AvgIpc) is 2.70. The Morgan fingerprint density at radius 3 is 1.90 bits per heavy atom. The summed E-state index contributed by atoms with van der Waals surface area (Å²) in [4.78, 5) is 26.6. The fraction of sp³-hybridized carbons (Fsp3) is 0.0476. The number of nitrogens with one attached hydrogen (secondary N) is 1. The molecule has 0 unspecified atom stereocenters. The van der Waals surface area contributed by atoms with Gasteiger partial charge in [0, 0.05) is 22.7 Å². The summed E-state index contributed by atoms with van der Waals surface area (Å²) in [5, 5.41) is 2.33. The van der Waals surface area contributed by atoms with Crippen LogP contribution in [-0.2, 0) is 15.8 Å². The molecular weight excluding hydrogens is 383 g/mol. The van der Waals surface area contributed by atoms with E-state index in [9.17, 15) is 22.8 Å². The number of halogens is 3. The van der Waals surface area contributed by atoms with E-state index in [-0.39, 0.29) is 5.69 Å². The highest BCUT2D eigenvalue weighted by Gasteiger charge is 2.30. The third kappa shape index (κ3) is 4.73. The number of carbonyl (C=O) groups is 2. The van der Waals surface area contributed by atoms with Gasteiger partial charge in [0.1, 0.15) is 0 Å². The molecule has 0 aliphatic carbocycles. The van der Waals surface area contributed by atoms with Crippen molar-refractivity contribution in [3.63, 3.8) is 0 Å². The van der Waals surface area contributed by atoms with Crippen molar-refractivity contribution < 1.29 is 22.8 Å². The van der Waals surface area contributed by atoms with Gasteiger partial charge in [-0.3, -0.25) is 14.5 Å². The lowest BCUT2D eigenvalue weighted by Crippen LogP contribution is -2.36. The Bertz CT molecular complexity index is 1000. The average molecular weight is 399 g/mol. The van der Waals surface area contributed by atoms with Crippen molar-refractivity contribution in [1.82, 2.24) is 0 Å². The minimum atomic E-state index is -4.49. The van der Waals surface area contributed by atoms with Crippen LogP contribution in [0.25, 0.3) is 0 Å². The van der Waals surface area contributed by atoms with Gasteiger partial charge in [0.25, 0.3) is 0 Å². The zero-order valence-corrected chi connectivity index (χ0v) is 15.0. The van der Waals surface area contributed by atoms with Crippen LogP contribution in [0.5, 0.6) is 0 Å². The standard InChI is InChI=1S/C21H16F3N3O2/c22-21(23,24)14-6-10-16(11-7-14)26-19(28)20(29)27(17-4-2-1-3-5-17)18-12-8-15(25)9-13-18/h1-13H,25H2,(H,26,28). The first-order valence-corrected chi connectivity index (χ1v) is 8.49. The van der Waals surface area contributed by atoms with Crippen LogP contribution in [0.1, 0.15) is 5.56 Å². The first kappa shape index (κ1) is 19.9. The van der Waals surface area contributed by atoms with Gasteiger partial charge in [0.15, 0.2) is 0 Å². The van der Waals surface area contributed by atoms with Crippen LogP contribution in [0.3, 0.4) is 0 Å². The SMILES string of the molecule is Nc1ccc(N(C(=O)C(=O)Nc2ccc(C(F)(F)F)cc2)c2ccccc2)cc1. The van der Waals surface area contributed by atoms with Crippen LogP contribution in [0, 0.1) is 0 Å². The van der Waals surface area contributed by atoms with Gasteiger partial charge in [0.05, 0.1) is 5.56 Å². The number of rotatable bonds is 3. The number of nitrogens with two attached hydrogens (primary N) is 1. The minimum Gasteiger partial charge on any atom is -0.399 e. The van der Waals surface area contributed by atoms with E-state index < -0.39 is 23.6 Å². The molecule has 0 aliphatic heterocycles. The minimum absolute atomic E-state index is 0.0710. The molecule has 8 heteroatoms. The smallest absolute Gasteiger partial charge is 0.399 e. The number of nitrogens with zero attached hydrogens (tertiary/aromatic N) is 1. The van der Waals surface area contributed by atoms with Crippen LogP contribution in [-0.4, -0.2) is 11.8 Å². The maximum atomic E-state index is 12.9. The summed E-state index contributed by atoms with van der Waals surface area (Å²) in [5.41, 5.74) is 6.26. The summed E-state index contributed by atoms with van der Waals surface area (Å²) in [6.45, 7) is 0. The van der Waals surface area contributed by atoms with E-state index in [4.69, 9.17) is 5.73 Å². The van der Waals surface area contributed by atoms with Gasteiger partial charge in [-0.2, -0.15) is 13.2 Å². The second-order valence-corrected chi connectivity index (χ2v) is 6.10. The van der Waals surface area contributed by atoms with Crippen LogP contribution in [0.2, 0.25) is 0 Å². The summed E-state index contributed by atoms with van der Waals surface area (Å²) in [6, 6.07) is 18.7. The number of alkyl halides is 3. The number of benzene rings is 3. The van der Waals surface area contributed by atoms with Crippen LogP contribution < -0.4 is 16.0 Å². The monoisotopic (exact) mass is 399 g/mol. The Morgan fingerprint density at radius 1 is 0.793 bits per heavy atom. The van der Waals surface area contributed by atoms with E-state index in [0.717, 1.165) is 24.3 Å². The van der Waals surface area contributed by atoms with E-state index in [2.05, 4.69) is 5.32 Å². The van der Waals surface area contributed by atoms with Crippen molar-refractivity contribution in [3.05, 3.63) is 84.4 Å². The summed E-state index contributed by atoms with van der Waals surface area (Å²) >= 11 is 0. The molecule has 0 radical (unpaired) electrons. The number of amides is 2. The predicted molar refractivity (Wildman–Crippen MR) is 105 cm³/mol. The van der Waals surface area contributed by atoms with E-state index in [1.54, 1.807) is 54.6 Å². The first-order chi connectivity index (χ1) is 13.8. The highest BCUT2D eigenvalue weighted by Crippen LogP contribution is 2.30. The molecule has 0 heterocycles.